The highest BCUT2D eigenvalue weighted by Crippen LogP contribution is 2.45. The lowest BCUT2D eigenvalue weighted by molar-refractivity contribution is 0.0456. The predicted molar refractivity (Wildman–Crippen MR) is 269 cm³/mol. The first-order valence-electron chi connectivity index (χ1n) is 27.6. The fourth-order valence-electron chi connectivity index (χ4n) is 10.2. The maximum Gasteiger partial charge on any atom is 0.272 e. The highest BCUT2D eigenvalue weighted by Gasteiger charge is 2.35. The normalized spacial score (nSPS) is 16.2. The lowest BCUT2D eigenvalue weighted by Crippen LogP contribution is -2.20. The van der Waals surface area contributed by atoms with Crippen molar-refractivity contribution < 1.29 is 13.2 Å². The van der Waals surface area contributed by atoms with Crippen molar-refractivity contribution in [2.75, 3.05) is 12.9 Å². The van der Waals surface area contributed by atoms with Crippen molar-refractivity contribution in [3.8, 4) is 5.69 Å². The summed E-state index contributed by atoms with van der Waals surface area (Å²) in [6, 6.07) is 9.21. The highest BCUT2D eigenvalue weighted by atomic mass is 32.2. The Kier molecular flexibility index (Phi) is 32.9. The molecular weight excluding hydrogens is 797 g/mol. The summed E-state index contributed by atoms with van der Waals surface area (Å²) in [6.07, 6.45) is 55.4. The predicted octanol–water partition coefficient (Wildman–Crippen LogP) is 17.0. The van der Waals surface area contributed by atoms with Gasteiger partial charge >= 0.3 is 0 Å². The Labute approximate surface area is 390 Å². The van der Waals surface area contributed by atoms with Gasteiger partial charge in [0.1, 0.15) is 0 Å². The summed E-state index contributed by atoms with van der Waals surface area (Å²) in [5.41, 5.74) is 0.661. The van der Waals surface area contributed by atoms with Crippen LogP contribution in [0.15, 0.2) is 35.5 Å². The van der Waals surface area contributed by atoms with E-state index in [1.54, 1.807) is 0 Å². The van der Waals surface area contributed by atoms with Crippen LogP contribution < -0.4 is 0 Å². The quantitative estimate of drug-likeness (QED) is 0.0615. The summed E-state index contributed by atoms with van der Waals surface area (Å²) in [5.74, 6) is 2.75. The number of rotatable bonds is 46. The Hall–Kier alpha value is -1.80. The molecule has 7 nitrogen and oxygen atoms in total. The molecule has 0 amide bonds. The molecule has 0 unspecified atom stereocenters. The molecule has 3 rings (SSSR count). The molecule has 0 saturated heterocycles. The van der Waals surface area contributed by atoms with Gasteiger partial charge in [-0.2, -0.15) is 4.68 Å². The van der Waals surface area contributed by atoms with Crippen molar-refractivity contribution in [3.05, 3.63) is 30.3 Å². The Morgan fingerprint density at radius 1 is 0.556 bits per heavy atom. The second-order valence-corrected chi connectivity index (χ2v) is 22.2. The molecule has 1 heterocycles. The molecule has 0 radical (unpaired) electrons. The number of tetrazole rings is 1. The van der Waals surface area contributed by atoms with Crippen LogP contribution >= 0.6 is 0 Å². The molecule has 364 valence electrons. The summed E-state index contributed by atoms with van der Waals surface area (Å²) >= 11 is 0. The Morgan fingerprint density at radius 2 is 0.952 bits per heavy atom. The summed E-state index contributed by atoms with van der Waals surface area (Å²) in [7, 11) is -1.57. The third kappa shape index (κ3) is 27.4. The maximum absolute atomic E-state index is 12.9. The van der Waals surface area contributed by atoms with Gasteiger partial charge < -0.3 is 4.74 Å². The first kappa shape index (κ1) is 55.5. The van der Waals surface area contributed by atoms with Crippen LogP contribution in [0.1, 0.15) is 271 Å². The van der Waals surface area contributed by atoms with E-state index in [4.69, 9.17) is 4.74 Å². The van der Waals surface area contributed by atoms with Crippen molar-refractivity contribution in [1.29, 1.82) is 0 Å². The van der Waals surface area contributed by atoms with Crippen molar-refractivity contribution in [1.82, 2.24) is 20.2 Å². The number of hydrogen-bond donors (Lipinski definition) is 0. The van der Waals surface area contributed by atoms with Gasteiger partial charge in [-0.3, -0.25) is 0 Å². The Balaban J connectivity index is 0.984. The molecule has 8 heteroatoms. The fraction of sp³-hybridized carbons (Fsp3) is 0.873. The van der Waals surface area contributed by atoms with Gasteiger partial charge in [-0.05, 0) is 66.0 Å². The summed E-state index contributed by atoms with van der Waals surface area (Å²) in [6.45, 7) is 4.74. The van der Waals surface area contributed by atoms with E-state index >= 15 is 0 Å². The van der Waals surface area contributed by atoms with Gasteiger partial charge in [0.05, 0.1) is 17.5 Å². The van der Waals surface area contributed by atoms with Gasteiger partial charge in [-0.25, -0.2) is 8.42 Å². The number of aromatic nitrogens is 4. The number of sulfone groups is 1. The first-order chi connectivity index (χ1) is 31.0. The number of nitrogens with zero attached hydrogens (tertiary/aromatic N) is 4. The zero-order valence-electron chi connectivity index (χ0n) is 41.6. The lowest BCUT2D eigenvalue weighted by atomic mass is 9.93. The number of unbranched alkanes of at least 4 members (excludes halogenated alkanes) is 32. The van der Waals surface area contributed by atoms with Gasteiger partial charge in [-0.1, -0.05) is 268 Å². The topological polar surface area (TPSA) is 87.0 Å². The van der Waals surface area contributed by atoms with Gasteiger partial charge in [0, 0.05) is 7.11 Å². The molecule has 1 aliphatic carbocycles. The molecule has 1 aromatic heterocycles. The molecule has 1 saturated carbocycles. The smallest absolute Gasteiger partial charge is 0.272 e. The summed E-state index contributed by atoms with van der Waals surface area (Å²) < 4.78 is 33.1. The molecule has 0 spiro atoms. The number of methoxy groups -OCH3 is 1. The van der Waals surface area contributed by atoms with Crippen molar-refractivity contribution in [2.24, 2.45) is 17.8 Å². The van der Waals surface area contributed by atoms with E-state index in [9.17, 15) is 8.42 Å². The molecule has 1 fully saturated rings. The second-order valence-electron chi connectivity index (χ2n) is 20.2. The fourth-order valence-corrected chi connectivity index (χ4v) is 11.5. The minimum absolute atomic E-state index is 0.0576. The second kappa shape index (κ2) is 37.3. The molecule has 2 aromatic rings. The van der Waals surface area contributed by atoms with Gasteiger partial charge in [0.2, 0.25) is 9.84 Å². The van der Waals surface area contributed by atoms with E-state index in [0.717, 1.165) is 24.7 Å². The van der Waals surface area contributed by atoms with Crippen LogP contribution in [0, 0.1) is 17.8 Å². The number of ether oxygens (including phenoxy) is 1. The van der Waals surface area contributed by atoms with Crippen molar-refractivity contribution in [2.45, 2.75) is 282 Å². The van der Waals surface area contributed by atoms with E-state index < -0.39 is 9.84 Å². The van der Waals surface area contributed by atoms with E-state index in [0.29, 0.717) is 24.1 Å². The number of benzene rings is 1. The van der Waals surface area contributed by atoms with Gasteiger partial charge in [-0.15, -0.1) is 0 Å². The largest absolute Gasteiger partial charge is 0.381 e. The molecular formula is C55H100N4O3S. The zero-order chi connectivity index (χ0) is 44.9. The third-order valence-electron chi connectivity index (χ3n) is 14.5. The third-order valence-corrected chi connectivity index (χ3v) is 16.2. The Bertz CT molecular complexity index is 1420. The Morgan fingerprint density at radius 3 is 1.40 bits per heavy atom. The van der Waals surface area contributed by atoms with Crippen LogP contribution in [0.5, 0.6) is 0 Å². The summed E-state index contributed by atoms with van der Waals surface area (Å²) in [5, 5.41) is 11.3. The molecule has 0 aliphatic heterocycles. The molecule has 63 heavy (non-hydrogen) atoms. The number of hydrogen-bond acceptors (Lipinski definition) is 6. The minimum Gasteiger partial charge on any atom is -0.381 e. The van der Waals surface area contributed by atoms with Crippen LogP contribution in [0.25, 0.3) is 5.69 Å². The van der Waals surface area contributed by atoms with E-state index in [1.165, 1.54) is 242 Å². The highest BCUT2D eigenvalue weighted by molar-refractivity contribution is 7.91. The molecule has 0 bridgehead atoms. The van der Waals surface area contributed by atoms with E-state index in [1.807, 2.05) is 37.4 Å². The van der Waals surface area contributed by atoms with Crippen molar-refractivity contribution in [3.63, 3.8) is 0 Å². The van der Waals surface area contributed by atoms with Crippen LogP contribution in [-0.2, 0) is 14.6 Å². The van der Waals surface area contributed by atoms with Crippen molar-refractivity contribution >= 4 is 9.84 Å². The first-order valence-corrected chi connectivity index (χ1v) is 29.2. The average molecular weight is 897 g/mol. The van der Waals surface area contributed by atoms with Gasteiger partial charge in [0.15, 0.2) is 0 Å². The number of para-hydroxylation sites is 1. The van der Waals surface area contributed by atoms with Gasteiger partial charge in [0.25, 0.3) is 5.16 Å². The lowest BCUT2D eigenvalue weighted by Gasteiger charge is -2.22. The monoisotopic (exact) mass is 897 g/mol. The molecule has 0 N–H and O–H groups in total. The van der Waals surface area contributed by atoms with Crippen LogP contribution in [0.2, 0.25) is 0 Å². The molecule has 1 aromatic carbocycles. The standard InChI is InChI=1S/C55H100N4O3S/c1-4-5-6-7-8-9-10-11-12-13-16-19-22-25-29-35-42-50(2)54(62-3)47-40-32-27-24-21-18-15-14-17-20-23-26-30-36-43-51-49-52(51)44-37-31-28-33-41-48-63(60,61)55-56-57-58-59(55)53-45-38-34-39-46-53/h34,38-39,45-46,50-52,54H,4-33,35-37,40-44,47-49H2,1-3H3/t50-,51+,52-,54-/m1/s1. The van der Waals surface area contributed by atoms with Crippen LogP contribution in [-0.4, -0.2) is 47.6 Å². The summed E-state index contributed by atoms with van der Waals surface area (Å²) in [4.78, 5) is 0. The maximum atomic E-state index is 12.9. The zero-order valence-corrected chi connectivity index (χ0v) is 42.4. The average Bonchev–Trinajstić information content (AvgIpc) is 3.83. The van der Waals surface area contributed by atoms with E-state index in [2.05, 4.69) is 29.4 Å². The molecule has 4 atom stereocenters. The minimum atomic E-state index is -3.51. The van der Waals surface area contributed by atoms with Crippen LogP contribution in [0.4, 0.5) is 0 Å². The SMILES string of the molecule is CCCCCCCCCCCCCCCCCC[C@@H](C)[C@@H](CCCCCCCCCCCCCCCC[C@H]1C[C@H]1CCCCCCCS(=O)(=O)c1nnnn1-c1ccccc1)OC. The van der Waals surface area contributed by atoms with E-state index in [-0.39, 0.29) is 10.9 Å². The van der Waals surface area contributed by atoms with Crippen LogP contribution in [0.3, 0.4) is 0 Å². The molecule has 1 aliphatic rings.